The van der Waals surface area contributed by atoms with Gasteiger partial charge in [-0.15, -0.1) is 0 Å². The van der Waals surface area contributed by atoms with Gasteiger partial charge in [0.15, 0.2) is 5.85 Å². The van der Waals surface area contributed by atoms with E-state index in [1.54, 1.807) is 0 Å². The number of ether oxygens (including phenoxy) is 1. The van der Waals surface area contributed by atoms with Crippen molar-refractivity contribution in [2.75, 3.05) is 60.0 Å². The van der Waals surface area contributed by atoms with Crippen molar-refractivity contribution in [2.24, 2.45) is 0 Å². The fourth-order valence-electron chi connectivity index (χ4n) is 6.69. The second-order valence-corrected chi connectivity index (χ2v) is 9.40. The van der Waals surface area contributed by atoms with Crippen LogP contribution < -0.4 is 0 Å². The highest BCUT2D eigenvalue weighted by molar-refractivity contribution is 5.24. The first-order chi connectivity index (χ1) is 13.0. The van der Waals surface area contributed by atoms with Crippen molar-refractivity contribution in [1.29, 1.82) is 0 Å². The standard InChI is InChI=1S/C21H40N4O2/c1-19(25-16-6-5-11-17-27-25)18-22(3)21(26-4,24-14-9-10-15-24)20(19,2)23-12-7-8-13-23/h5-18H2,1-4H3. The molecule has 3 unspecified atom stereocenters. The second kappa shape index (κ2) is 7.54. The van der Waals surface area contributed by atoms with Crippen LogP contribution in [0.15, 0.2) is 0 Å². The molecule has 0 aromatic carbocycles. The third-order valence-electron chi connectivity index (χ3n) is 8.11. The lowest BCUT2D eigenvalue weighted by molar-refractivity contribution is -0.293. The highest BCUT2D eigenvalue weighted by Gasteiger charge is 2.73. The lowest BCUT2D eigenvalue weighted by atomic mass is 9.76. The van der Waals surface area contributed by atoms with Gasteiger partial charge >= 0.3 is 0 Å². The number of likely N-dealkylation sites (N-methyl/N-ethyl adjacent to an activating group) is 1. The molecule has 4 saturated heterocycles. The SMILES string of the molecule is COC1(N2CCCC2)N(C)CC(C)(N2CCCCCO2)C1(C)N1CCCC1. The Morgan fingerprint density at radius 1 is 0.778 bits per heavy atom. The Morgan fingerprint density at radius 2 is 1.37 bits per heavy atom. The molecule has 0 N–H and O–H groups in total. The van der Waals surface area contributed by atoms with E-state index in [9.17, 15) is 0 Å². The maximum atomic E-state index is 6.57. The van der Waals surface area contributed by atoms with Crippen LogP contribution in [-0.4, -0.2) is 96.7 Å². The van der Waals surface area contributed by atoms with Gasteiger partial charge in [0.1, 0.15) is 0 Å². The number of hydrogen-bond donors (Lipinski definition) is 0. The van der Waals surface area contributed by atoms with Crippen molar-refractivity contribution in [2.45, 2.75) is 75.7 Å². The molecule has 4 heterocycles. The van der Waals surface area contributed by atoms with Crippen LogP contribution in [0.25, 0.3) is 0 Å². The minimum atomic E-state index is -0.405. The zero-order valence-electron chi connectivity index (χ0n) is 18.0. The molecular weight excluding hydrogens is 340 g/mol. The van der Waals surface area contributed by atoms with Gasteiger partial charge in [0.2, 0.25) is 0 Å². The van der Waals surface area contributed by atoms with Gasteiger partial charge in [0.05, 0.1) is 17.7 Å². The lowest BCUT2D eigenvalue weighted by Crippen LogP contribution is -2.78. The van der Waals surface area contributed by atoms with Crippen LogP contribution in [0.3, 0.4) is 0 Å². The molecule has 27 heavy (non-hydrogen) atoms. The largest absolute Gasteiger partial charge is 0.348 e. The van der Waals surface area contributed by atoms with Crippen LogP contribution in [-0.2, 0) is 9.57 Å². The van der Waals surface area contributed by atoms with Gasteiger partial charge in [-0.3, -0.25) is 19.5 Å². The summed E-state index contributed by atoms with van der Waals surface area (Å²) in [5, 5.41) is 2.35. The minimum Gasteiger partial charge on any atom is -0.348 e. The summed E-state index contributed by atoms with van der Waals surface area (Å²) in [6.07, 6.45) is 8.78. The zero-order valence-corrected chi connectivity index (χ0v) is 18.0. The van der Waals surface area contributed by atoms with E-state index < -0.39 is 5.85 Å². The van der Waals surface area contributed by atoms with Gasteiger partial charge < -0.3 is 4.74 Å². The Kier molecular flexibility index (Phi) is 5.60. The van der Waals surface area contributed by atoms with Crippen LogP contribution in [0.1, 0.15) is 58.8 Å². The summed E-state index contributed by atoms with van der Waals surface area (Å²) in [7, 11) is 4.19. The Bertz CT molecular complexity index is 514. The van der Waals surface area contributed by atoms with Crippen LogP contribution in [0, 0.1) is 0 Å². The molecule has 4 aliphatic heterocycles. The highest BCUT2D eigenvalue weighted by atomic mass is 16.7. The Morgan fingerprint density at radius 3 is 2.00 bits per heavy atom. The quantitative estimate of drug-likeness (QED) is 0.744. The average molecular weight is 381 g/mol. The van der Waals surface area contributed by atoms with Gasteiger partial charge in [0.25, 0.3) is 0 Å². The molecule has 0 bridgehead atoms. The fourth-order valence-corrected chi connectivity index (χ4v) is 6.69. The van der Waals surface area contributed by atoms with E-state index in [2.05, 4.69) is 40.7 Å². The number of nitrogens with zero attached hydrogens (tertiary/aromatic N) is 4. The van der Waals surface area contributed by atoms with E-state index in [0.29, 0.717) is 0 Å². The van der Waals surface area contributed by atoms with Crippen LogP contribution in [0.2, 0.25) is 0 Å². The summed E-state index contributed by atoms with van der Waals surface area (Å²) in [4.78, 5) is 14.2. The number of likely N-dealkylation sites (tertiary alicyclic amines) is 3. The molecule has 4 rings (SSSR count). The maximum Gasteiger partial charge on any atom is 0.200 e. The van der Waals surface area contributed by atoms with Crippen LogP contribution in [0.4, 0.5) is 0 Å². The van der Waals surface area contributed by atoms with E-state index in [0.717, 1.165) is 45.9 Å². The Labute approximate surface area is 165 Å². The molecule has 0 aromatic heterocycles. The van der Waals surface area contributed by atoms with E-state index in [1.165, 1.54) is 44.9 Å². The second-order valence-electron chi connectivity index (χ2n) is 9.40. The van der Waals surface area contributed by atoms with E-state index in [4.69, 9.17) is 9.57 Å². The molecule has 6 heteroatoms. The lowest BCUT2D eigenvalue weighted by Gasteiger charge is -2.59. The molecule has 0 amide bonds. The van der Waals surface area contributed by atoms with Gasteiger partial charge in [-0.1, -0.05) is 0 Å². The smallest absolute Gasteiger partial charge is 0.200 e. The predicted octanol–water partition coefficient (Wildman–Crippen LogP) is 2.36. The zero-order chi connectivity index (χ0) is 19.1. The molecule has 3 atom stereocenters. The third-order valence-corrected chi connectivity index (χ3v) is 8.11. The Hall–Kier alpha value is -0.240. The summed E-state index contributed by atoms with van der Waals surface area (Å²) in [6.45, 7) is 12.3. The summed E-state index contributed by atoms with van der Waals surface area (Å²) < 4.78 is 6.57. The van der Waals surface area contributed by atoms with Crippen molar-refractivity contribution in [1.82, 2.24) is 19.8 Å². The number of rotatable bonds is 4. The van der Waals surface area contributed by atoms with Crippen molar-refractivity contribution >= 4 is 0 Å². The Balaban J connectivity index is 1.81. The molecule has 156 valence electrons. The summed E-state index contributed by atoms with van der Waals surface area (Å²) in [5.74, 6) is -0.405. The van der Waals surface area contributed by atoms with Crippen LogP contribution in [0.5, 0.6) is 0 Å². The first-order valence-corrected chi connectivity index (χ1v) is 11.2. The molecule has 0 radical (unpaired) electrons. The van der Waals surface area contributed by atoms with Crippen LogP contribution >= 0.6 is 0 Å². The van der Waals surface area contributed by atoms with Crippen molar-refractivity contribution in [3.05, 3.63) is 0 Å². The molecule has 0 spiro atoms. The molecule has 4 fully saturated rings. The van der Waals surface area contributed by atoms with Gasteiger partial charge in [-0.2, -0.15) is 5.06 Å². The first-order valence-electron chi connectivity index (χ1n) is 11.2. The molecule has 6 nitrogen and oxygen atoms in total. The van der Waals surface area contributed by atoms with Gasteiger partial charge in [0, 0.05) is 33.3 Å². The monoisotopic (exact) mass is 380 g/mol. The first kappa shape index (κ1) is 20.0. The fraction of sp³-hybridized carbons (Fsp3) is 1.00. The topological polar surface area (TPSA) is 31.4 Å². The predicted molar refractivity (Wildman–Crippen MR) is 107 cm³/mol. The van der Waals surface area contributed by atoms with E-state index >= 15 is 0 Å². The normalized spacial score (nSPS) is 43.6. The highest BCUT2D eigenvalue weighted by Crippen LogP contribution is 2.54. The molecular formula is C21H40N4O2. The summed E-state index contributed by atoms with van der Waals surface area (Å²) in [6, 6.07) is 0. The molecule has 0 aliphatic carbocycles. The molecule has 0 saturated carbocycles. The van der Waals surface area contributed by atoms with Crippen molar-refractivity contribution < 1.29 is 9.57 Å². The molecule has 0 aromatic rings. The minimum absolute atomic E-state index is 0.116. The van der Waals surface area contributed by atoms with E-state index in [1.807, 2.05) is 7.11 Å². The van der Waals surface area contributed by atoms with Crippen molar-refractivity contribution in [3.8, 4) is 0 Å². The van der Waals surface area contributed by atoms with Crippen molar-refractivity contribution in [3.63, 3.8) is 0 Å². The third kappa shape index (κ3) is 2.75. The number of hydrogen-bond acceptors (Lipinski definition) is 6. The van der Waals surface area contributed by atoms with Gasteiger partial charge in [-0.05, 0) is 78.9 Å². The maximum absolute atomic E-state index is 6.57. The number of methoxy groups -OCH3 is 1. The molecule has 4 aliphatic rings. The summed E-state index contributed by atoms with van der Waals surface area (Å²) >= 11 is 0. The average Bonchev–Trinajstić information content (AvgIpc) is 3.35. The van der Waals surface area contributed by atoms with Gasteiger partial charge in [-0.25, -0.2) is 0 Å². The number of hydroxylamine groups is 2. The summed E-state index contributed by atoms with van der Waals surface area (Å²) in [5.41, 5.74) is -0.274. The van der Waals surface area contributed by atoms with E-state index in [-0.39, 0.29) is 11.1 Å².